The highest BCUT2D eigenvalue weighted by Gasteiger charge is 2.15. The molecule has 1 aromatic rings. The van der Waals surface area contributed by atoms with Gasteiger partial charge in [0, 0.05) is 45.2 Å². The lowest BCUT2D eigenvalue weighted by Gasteiger charge is -2.29. The van der Waals surface area contributed by atoms with Crippen LogP contribution in [0.5, 0.6) is 0 Å². The monoisotopic (exact) mass is 235 g/mol. The molecular weight excluding hydrogens is 214 g/mol. The number of anilines is 2. The van der Waals surface area contributed by atoms with Gasteiger partial charge in [-0.2, -0.15) is 0 Å². The zero-order valence-corrected chi connectivity index (χ0v) is 10.8. The lowest BCUT2D eigenvalue weighted by Crippen LogP contribution is -2.44. The highest BCUT2D eigenvalue weighted by atomic mass is 15.2. The Morgan fingerprint density at radius 2 is 2.00 bits per heavy atom. The molecule has 5 heteroatoms. The van der Waals surface area contributed by atoms with Gasteiger partial charge in [0.2, 0.25) is 0 Å². The third-order valence-corrected chi connectivity index (χ3v) is 2.94. The predicted molar refractivity (Wildman–Crippen MR) is 70.8 cm³/mol. The molecule has 94 valence electrons. The average Bonchev–Trinajstić information content (AvgIpc) is 2.39. The van der Waals surface area contributed by atoms with Crippen LogP contribution in [0, 0.1) is 0 Å². The maximum atomic E-state index is 4.65. The van der Waals surface area contributed by atoms with E-state index in [1.54, 1.807) is 0 Å². The molecule has 0 spiro atoms. The average molecular weight is 235 g/mol. The summed E-state index contributed by atoms with van der Waals surface area (Å²) >= 11 is 0. The maximum absolute atomic E-state index is 4.65. The number of piperazine rings is 1. The Kier molecular flexibility index (Phi) is 3.78. The topological polar surface area (TPSA) is 53.1 Å². The first-order valence-electron chi connectivity index (χ1n) is 6.23. The molecule has 1 aliphatic rings. The summed E-state index contributed by atoms with van der Waals surface area (Å²) in [5.41, 5.74) is 0. The lowest BCUT2D eigenvalue weighted by molar-refractivity contribution is 0.582. The van der Waals surface area contributed by atoms with E-state index < -0.39 is 0 Å². The Hall–Kier alpha value is -1.36. The molecule has 2 heterocycles. The van der Waals surface area contributed by atoms with E-state index in [-0.39, 0.29) is 0 Å². The summed E-state index contributed by atoms with van der Waals surface area (Å²) in [5.74, 6) is 3.20. The van der Waals surface area contributed by atoms with Crippen molar-refractivity contribution in [2.24, 2.45) is 0 Å². The summed E-state index contributed by atoms with van der Waals surface area (Å²) in [6, 6.07) is 2.02. The molecule has 0 unspecified atom stereocenters. The van der Waals surface area contributed by atoms with E-state index in [4.69, 9.17) is 0 Å². The molecule has 1 fully saturated rings. The van der Waals surface area contributed by atoms with Gasteiger partial charge in [-0.25, -0.2) is 9.97 Å². The van der Waals surface area contributed by atoms with Crippen molar-refractivity contribution in [2.45, 2.75) is 19.8 Å². The summed E-state index contributed by atoms with van der Waals surface area (Å²) in [4.78, 5) is 11.4. The van der Waals surface area contributed by atoms with Crippen LogP contribution in [0.4, 0.5) is 11.6 Å². The number of nitrogens with one attached hydrogen (secondary N) is 2. The van der Waals surface area contributed by atoms with Crippen LogP contribution in [0.2, 0.25) is 0 Å². The third-order valence-electron chi connectivity index (χ3n) is 2.94. The minimum absolute atomic E-state index is 0.352. The Labute approximate surface area is 103 Å². The van der Waals surface area contributed by atoms with Crippen molar-refractivity contribution in [2.75, 3.05) is 43.4 Å². The van der Waals surface area contributed by atoms with Gasteiger partial charge in [-0.05, 0) is 0 Å². The summed E-state index contributed by atoms with van der Waals surface area (Å²) in [7, 11) is 1.90. The first-order valence-corrected chi connectivity index (χ1v) is 6.23. The Morgan fingerprint density at radius 1 is 1.29 bits per heavy atom. The molecule has 2 rings (SSSR count). The number of nitrogens with zero attached hydrogens (tertiary/aromatic N) is 3. The van der Waals surface area contributed by atoms with Crippen LogP contribution < -0.4 is 15.5 Å². The molecule has 0 aliphatic carbocycles. The quantitative estimate of drug-likeness (QED) is 0.820. The van der Waals surface area contributed by atoms with Gasteiger partial charge >= 0.3 is 0 Å². The molecular formula is C12H21N5. The van der Waals surface area contributed by atoms with E-state index in [2.05, 4.69) is 39.3 Å². The molecule has 17 heavy (non-hydrogen) atoms. The number of aromatic nitrogens is 2. The highest BCUT2D eigenvalue weighted by molar-refractivity contribution is 5.49. The molecule has 0 amide bonds. The van der Waals surface area contributed by atoms with Gasteiger partial charge in [-0.15, -0.1) is 0 Å². The molecule has 0 bridgehead atoms. The van der Waals surface area contributed by atoms with Gasteiger partial charge in [-0.1, -0.05) is 13.8 Å². The summed E-state index contributed by atoms with van der Waals surface area (Å²) < 4.78 is 0. The SMILES string of the molecule is CNc1cc(N2CCNCC2)nc(C(C)C)n1. The second-order valence-electron chi connectivity index (χ2n) is 4.61. The van der Waals surface area contributed by atoms with E-state index in [0.29, 0.717) is 5.92 Å². The first-order chi connectivity index (χ1) is 8.20. The van der Waals surface area contributed by atoms with Crippen LogP contribution in [-0.4, -0.2) is 43.2 Å². The fourth-order valence-corrected chi connectivity index (χ4v) is 1.89. The molecule has 1 saturated heterocycles. The van der Waals surface area contributed by atoms with Crippen molar-refractivity contribution in [3.63, 3.8) is 0 Å². The van der Waals surface area contributed by atoms with Gasteiger partial charge < -0.3 is 15.5 Å². The highest BCUT2D eigenvalue weighted by Crippen LogP contribution is 2.19. The van der Waals surface area contributed by atoms with Crippen molar-refractivity contribution in [3.05, 3.63) is 11.9 Å². The maximum Gasteiger partial charge on any atom is 0.135 e. The first kappa shape index (κ1) is 12.1. The van der Waals surface area contributed by atoms with E-state index in [9.17, 15) is 0 Å². The van der Waals surface area contributed by atoms with Crippen molar-refractivity contribution >= 4 is 11.6 Å². The fourth-order valence-electron chi connectivity index (χ4n) is 1.89. The Morgan fingerprint density at radius 3 is 2.59 bits per heavy atom. The molecule has 0 aromatic carbocycles. The van der Waals surface area contributed by atoms with Crippen LogP contribution in [0.3, 0.4) is 0 Å². The zero-order valence-electron chi connectivity index (χ0n) is 10.8. The molecule has 5 nitrogen and oxygen atoms in total. The normalized spacial score (nSPS) is 16.4. The van der Waals surface area contributed by atoms with Gasteiger partial charge in [0.1, 0.15) is 17.5 Å². The lowest BCUT2D eigenvalue weighted by atomic mass is 10.2. The standard InChI is InChI=1S/C12H21N5/c1-9(2)12-15-10(13-3)8-11(16-12)17-6-4-14-5-7-17/h8-9,14H,4-7H2,1-3H3,(H,13,15,16). The van der Waals surface area contributed by atoms with Gasteiger partial charge in [-0.3, -0.25) is 0 Å². The van der Waals surface area contributed by atoms with Crippen LogP contribution >= 0.6 is 0 Å². The van der Waals surface area contributed by atoms with Crippen molar-refractivity contribution in [1.29, 1.82) is 0 Å². The summed E-state index contributed by atoms with van der Waals surface area (Å²) in [6.45, 7) is 8.31. The summed E-state index contributed by atoms with van der Waals surface area (Å²) in [6.07, 6.45) is 0. The van der Waals surface area contributed by atoms with E-state index in [1.165, 1.54) is 0 Å². The Bertz CT molecular complexity index is 371. The molecule has 0 atom stereocenters. The Balaban J connectivity index is 2.28. The van der Waals surface area contributed by atoms with Crippen molar-refractivity contribution < 1.29 is 0 Å². The van der Waals surface area contributed by atoms with Crippen molar-refractivity contribution in [3.8, 4) is 0 Å². The smallest absolute Gasteiger partial charge is 0.135 e. The van der Waals surface area contributed by atoms with Gasteiger partial charge in [0.05, 0.1) is 0 Å². The minimum atomic E-state index is 0.352. The second kappa shape index (κ2) is 5.31. The number of hydrogen-bond acceptors (Lipinski definition) is 5. The van der Waals surface area contributed by atoms with E-state index >= 15 is 0 Å². The minimum Gasteiger partial charge on any atom is -0.373 e. The summed E-state index contributed by atoms with van der Waals surface area (Å²) in [5, 5.41) is 6.46. The van der Waals surface area contributed by atoms with E-state index in [0.717, 1.165) is 43.6 Å². The van der Waals surface area contributed by atoms with Crippen molar-refractivity contribution in [1.82, 2.24) is 15.3 Å². The van der Waals surface area contributed by atoms with Crippen LogP contribution in [0.25, 0.3) is 0 Å². The third kappa shape index (κ3) is 2.85. The molecule has 0 saturated carbocycles. The zero-order chi connectivity index (χ0) is 12.3. The number of hydrogen-bond donors (Lipinski definition) is 2. The molecule has 0 radical (unpaired) electrons. The second-order valence-corrected chi connectivity index (χ2v) is 4.61. The predicted octanol–water partition coefficient (Wildman–Crippen LogP) is 1.05. The van der Waals surface area contributed by atoms with E-state index in [1.807, 2.05) is 13.1 Å². The van der Waals surface area contributed by atoms with Gasteiger partial charge in [0.15, 0.2) is 0 Å². The molecule has 2 N–H and O–H groups in total. The molecule has 1 aliphatic heterocycles. The van der Waals surface area contributed by atoms with Crippen LogP contribution in [0.1, 0.15) is 25.6 Å². The fraction of sp³-hybridized carbons (Fsp3) is 0.667. The van der Waals surface area contributed by atoms with Gasteiger partial charge in [0.25, 0.3) is 0 Å². The largest absolute Gasteiger partial charge is 0.373 e. The molecule has 1 aromatic heterocycles. The van der Waals surface area contributed by atoms with Crippen LogP contribution in [0.15, 0.2) is 6.07 Å². The number of rotatable bonds is 3. The van der Waals surface area contributed by atoms with Crippen LogP contribution in [-0.2, 0) is 0 Å².